The average Bonchev–Trinajstić information content (AvgIpc) is 2.67. The zero-order valence-corrected chi connectivity index (χ0v) is 9.36. The maximum absolute atomic E-state index is 11.7. The number of carbonyl (C=O) groups excluding carboxylic acids is 1. The lowest BCUT2D eigenvalue weighted by Crippen LogP contribution is -2.49. The fourth-order valence-corrected chi connectivity index (χ4v) is 1.69. The highest BCUT2D eigenvalue weighted by Gasteiger charge is 2.28. The Morgan fingerprint density at radius 3 is 3.06 bits per heavy atom. The first-order valence-corrected chi connectivity index (χ1v) is 5.60. The van der Waals surface area contributed by atoms with E-state index in [1.54, 1.807) is 0 Å². The fourth-order valence-electron chi connectivity index (χ4n) is 1.69. The first-order chi connectivity index (χ1) is 7.77. The number of carbonyl (C=O) groups is 1. The summed E-state index contributed by atoms with van der Waals surface area (Å²) >= 11 is 0. The summed E-state index contributed by atoms with van der Waals surface area (Å²) in [7, 11) is 0. The van der Waals surface area contributed by atoms with Crippen molar-refractivity contribution in [2.75, 3.05) is 19.6 Å². The summed E-state index contributed by atoms with van der Waals surface area (Å²) in [6, 6.07) is 0. The smallest absolute Gasteiger partial charge is 0.223 e. The highest BCUT2D eigenvalue weighted by molar-refractivity contribution is 5.78. The van der Waals surface area contributed by atoms with Gasteiger partial charge in [-0.2, -0.15) is 5.10 Å². The third-order valence-electron chi connectivity index (χ3n) is 3.06. The van der Waals surface area contributed by atoms with Crippen LogP contribution in [-0.2, 0) is 11.2 Å². The lowest BCUT2D eigenvalue weighted by Gasteiger charge is -2.31. The molecule has 0 aliphatic carbocycles. The standard InChI is InChI=1S/C10H17N5O/c1-7(8-4-11-5-8)10(16)12-3-2-9-13-6-14-15-9/h6-8,11H,2-5H2,1H3,(H,12,16)(H,13,14,15). The molecule has 88 valence electrons. The average molecular weight is 223 g/mol. The summed E-state index contributed by atoms with van der Waals surface area (Å²) in [5, 5.41) is 12.6. The van der Waals surface area contributed by atoms with Crippen LogP contribution >= 0.6 is 0 Å². The van der Waals surface area contributed by atoms with E-state index in [-0.39, 0.29) is 11.8 Å². The van der Waals surface area contributed by atoms with Gasteiger partial charge >= 0.3 is 0 Å². The molecule has 2 heterocycles. The van der Waals surface area contributed by atoms with Crippen molar-refractivity contribution >= 4 is 5.91 Å². The molecule has 0 bridgehead atoms. The molecule has 0 saturated carbocycles. The molecule has 2 rings (SSSR count). The SMILES string of the molecule is CC(C(=O)NCCc1ncn[nH]1)C1CNC1. The first kappa shape index (κ1) is 11.1. The third-order valence-corrected chi connectivity index (χ3v) is 3.06. The highest BCUT2D eigenvalue weighted by Crippen LogP contribution is 2.15. The van der Waals surface area contributed by atoms with E-state index in [0.717, 1.165) is 18.9 Å². The zero-order chi connectivity index (χ0) is 11.4. The normalized spacial score (nSPS) is 17.8. The largest absolute Gasteiger partial charge is 0.355 e. The second-order valence-corrected chi connectivity index (χ2v) is 4.18. The molecule has 1 aliphatic heterocycles. The van der Waals surface area contributed by atoms with E-state index in [0.29, 0.717) is 18.9 Å². The van der Waals surface area contributed by atoms with E-state index >= 15 is 0 Å². The van der Waals surface area contributed by atoms with Crippen molar-refractivity contribution in [3.8, 4) is 0 Å². The van der Waals surface area contributed by atoms with Crippen LogP contribution in [0.5, 0.6) is 0 Å². The summed E-state index contributed by atoms with van der Waals surface area (Å²) in [4.78, 5) is 15.7. The van der Waals surface area contributed by atoms with Crippen molar-refractivity contribution < 1.29 is 4.79 Å². The number of H-pyrrole nitrogens is 1. The Balaban J connectivity index is 1.67. The van der Waals surface area contributed by atoms with E-state index in [1.807, 2.05) is 6.92 Å². The Morgan fingerprint density at radius 2 is 2.50 bits per heavy atom. The summed E-state index contributed by atoms with van der Waals surface area (Å²) in [5.41, 5.74) is 0. The predicted octanol–water partition coefficient (Wildman–Crippen LogP) is -0.681. The van der Waals surface area contributed by atoms with Gasteiger partial charge in [-0.3, -0.25) is 9.89 Å². The number of nitrogens with one attached hydrogen (secondary N) is 3. The van der Waals surface area contributed by atoms with E-state index in [4.69, 9.17) is 0 Å². The van der Waals surface area contributed by atoms with Crippen molar-refractivity contribution in [2.24, 2.45) is 11.8 Å². The Morgan fingerprint density at radius 1 is 1.69 bits per heavy atom. The molecule has 6 nitrogen and oxygen atoms in total. The third kappa shape index (κ3) is 2.57. The fraction of sp³-hybridized carbons (Fsp3) is 0.700. The Hall–Kier alpha value is -1.43. The maximum atomic E-state index is 11.7. The molecule has 1 fully saturated rings. The summed E-state index contributed by atoms with van der Waals surface area (Å²) in [6.07, 6.45) is 2.17. The number of aromatic nitrogens is 3. The number of hydrogen-bond acceptors (Lipinski definition) is 4. The van der Waals surface area contributed by atoms with Gasteiger partial charge in [0.2, 0.25) is 5.91 Å². The molecule has 3 N–H and O–H groups in total. The topological polar surface area (TPSA) is 82.7 Å². The van der Waals surface area contributed by atoms with Gasteiger partial charge in [-0.05, 0) is 19.0 Å². The van der Waals surface area contributed by atoms with Crippen molar-refractivity contribution in [1.29, 1.82) is 0 Å². The molecule has 0 radical (unpaired) electrons. The number of nitrogens with zero attached hydrogens (tertiary/aromatic N) is 2. The molecule has 0 spiro atoms. The van der Waals surface area contributed by atoms with Crippen molar-refractivity contribution in [3.05, 3.63) is 12.2 Å². The van der Waals surface area contributed by atoms with Crippen LogP contribution < -0.4 is 10.6 Å². The molecule has 1 unspecified atom stereocenters. The lowest BCUT2D eigenvalue weighted by molar-refractivity contribution is -0.126. The van der Waals surface area contributed by atoms with Gasteiger partial charge in [-0.25, -0.2) is 4.98 Å². The van der Waals surface area contributed by atoms with Gasteiger partial charge in [-0.1, -0.05) is 6.92 Å². The van der Waals surface area contributed by atoms with Crippen LogP contribution in [0.15, 0.2) is 6.33 Å². The Labute approximate surface area is 94.2 Å². The second kappa shape index (κ2) is 5.07. The Bertz CT molecular complexity index is 333. The number of aromatic amines is 1. The molecule has 0 aromatic carbocycles. The van der Waals surface area contributed by atoms with Crippen LogP contribution in [0, 0.1) is 11.8 Å². The zero-order valence-electron chi connectivity index (χ0n) is 9.36. The van der Waals surface area contributed by atoms with Crippen LogP contribution in [0.1, 0.15) is 12.7 Å². The van der Waals surface area contributed by atoms with Gasteiger partial charge in [-0.15, -0.1) is 0 Å². The van der Waals surface area contributed by atoms with Crippen LogP contribution in [0.2, 0.25) is 0 Å². The molecule has 16 heavy (non-hydrogen) atoms. The minimum absolute atomic E-state index is 0.0935. The van der Waals surface area contributed by atoms with Crippen molar-refractivity contribution in [2.45, 2.75) is 13.3 Å². The predicted molar refractivity (Wildman–Crippen MR) is 58.6 cm³/mol. The second-order valence-electron chi connectivity index (χ2n) is 4.18. The van der Waals surface area contributed by atoms with Gasteiger partial charge < -0.3 is 10.6 Å². The lowest BCUT2D eigenvalue weighted by atomic mass is 9.88. The molecule has 1 aromatic rings. The van der Waals surface area contributed by atoms with Gasteiger partial charge in [0, 0.05) is 18.9 Å². The molecule has 1 atom stereocenters. The van der Waals surface area contributed by atoms with Gasteiger partial charge in [0.1, 0.15) is 12.2 Å². The summed E-state index contributed by atoms with van der Waals surface area (Å²) < 4.78 is 0. The summed E-state index contributed by atoms with van der Waals surface area (Å²) in [6.45, 7) is 4.50. The molecular formula is C10H17N5O. The molecule has 1 aromatic heterocycles. The highest BCUT2D eigenvalue weighted by atomic mass is 16.1. The maximum Gasteiger partial charge on any atom is 0.223 e. The van der Waals surface area contributed by atoms with Crippen LogP contribution in [0.4, 0.5) is 0 Å². The van der Waals surface area contributed by atoms with Crippen LogP contribution in [0.25, 0.3) is 0 Å². The van der Waals surface area contributed by atoms with Crippen LogP contribution in [0.3, 0.4) is 0 Å². The molecule has 1 amide bonds. The Kier molecular flexibility index (Phi) is 3.51. The monoisotopic (exact) mass is 223 g/mol. The van der Waals surface area contributed by atoms with E-state index in [1.165, 1.54) is 6.33 Å². The van der Waals surface area contributed by atoms with E-state index < -0.39 is 0 Å². The van der Waals surface area contributed by atoms with E-state index in [9.17, 15) is 4.79 Å². The quantitative estimate of drug-likeness (QED) is 0.617. The first-order valence-electron chi connectivity index (χ1n) is 5.60. The number of rotatable bonds is 5. The minimum atomic E-state index is 0.0935. The minimum Gasteiger partial charge on any atom is -0.355 e. The van der Waals surface area contributed by atoms with Gasteiger partial charge in [0.05, 0.1) is 0 Å². The van der Waals surface area contributed by atoms with Gasteiger partial charge in [0.15, 0.2) is 0 Å². The molecule has 1 aliphatic rings. The van der Waals surface area contributed by atoms with Crippen molar-refractivity contribution in [3.63, 3.8) is 0 Å². The molecule has 6 heteroatoms. The number of amides is 1. The van der Waals surface area contributed by atoms with Crippen LogP contribution in [-0.4, -0.2) is 40.7 Å². The van der Waals surface area contributed by atoms with Gasteiger partial charge in [0.25, 0.3) is 0 Å². The molecular weight excluding hydrogens is 206 g/mol. The number of hydrogen-bond donors (Lipinski definition) is 3. The summed E-state index contributed by atoms with van der Waals surface area (Å²) in [5.74, 6) is 1.52. The molecule has 1 saturated heterocycles. The van der Waals surface area contributed by atoms with E-state index in [2.05, 4.69) is 25.8 Å². The van der Waals surface area contributed by atoms with Crippen molar-refractivity contribution in [1.82, 2.24) is 25.8 Å².